The van der Waals surface area contributed by atoms with Crippen molar-refractivity contribution in [3.63, 3.8) is 0 Å². The summed E-state index contributed by atoms with van der Waals surface area (Å²) >= 11 is 0. The Labute approximate surface area is 200 Å². The number of aliphatic hydroxyl groups excluding tert-OH is 5. The standard InChI is InChI=1S/C25H28O10/c1-11(2)14-7-12(3-5-17(14)28)16-10-33-24-13(20(16)29)4-6-18(15(24)8-26)34-25-23(32)22(31)21(30)19(9-27)35-25/h3-7,10-11,19,21-23,25-28,30-32H,8-9H2,1-2H3/t19-,21-,22+,23-,25+/m1/s1. The topological polar surface area (TPSA) is 170 Å². The normalized spacial score (nSPS) is 24.7. The van der Waals surface area contributed by atoms with Crippen molar-refractivity contribution in [3.05, 3.63) is 57.9 Å². The Morgan fingerprint density at radius 3 is 2.43 bits per heavy atom. The van der Waals surface area contributed by atoms with E-state index in [4.69, 9.17) is 13.9 Å². The smallest absolute Gasteiger partial charge is 0.229 e. The number of aliphatic hydroxyl groups is 5. The van der Waals surface area contributed by atoms with Gasteiger partial charge in [0.1, 0.15) is 47.8 Å². The zero-order valence-corrected chi connectivity index (χ0v) is 19.2. The minimum absolute atomic E-state index is 0.0203. The number of phenols is 1. The SMILES string of the molecule is CC(C)c1cc(-c2coc3c(CO)c(O[C@H]4O[C@H](CO)[C@@H](O)[C@H](O)[C@H]4O)ccc3c2=O)ccc1O. The zero-order chi connectivity index (χ0) is 25.4. The van der Waals surface area contributed by atoms with E-state index in [2.05, 4.69) is 0 Å². The summed E-state index contributed by atoms with van der Waals surface area (Å²) in [7, 11) is 0. The van der Waals surface area contributed by atoms with Gasteiger partial charge in [0, 0.05) is 0 Å². The van der Waals surface area contributed by atoms with Gasteiger partial charge in [-0.05, 0) is 41.3 Å². The van der Waals surface area contributed by atoms with E-state index < -0.39 is 43.9 Å². The van der Waals surface area contributed by atoms with Crippen LogP contribution in [0.25, 0.3) is 22.1 Å². The van der Waals surface area contributed by atoms with Crippen molar-refractivity contribution < 1.29 is 44.5 Å². The van der Waals surface area contributed by atoms with Crippen molar-refractivity contribution in [2.45, 2.75) is 57.1 Å². The maximum atomic E-state index is 13.3. The molecule has 6 N–H and O–H groups in total. The van der Waals surface area contributed by atoms with Crippen LogP contribution in [0.4, 0.5) is 0 Å². The molecule has 10 nitrogen and oxygen atoms in total. The lowest BCUT2D eigenvalue weighted by molar-refractivity contribution is -0.277. The minimum atomic E-state index is -1.64. The fourth-order valence-electron chi connectivity index (χ4n) is 4.17. The van der Waals surface area contributed by atoms with Gasteiger partial charge in [-0.2, -0.15) is 0 Å². The lowest BCUT2D eigenvalue weighted by atomic mass is 9.96. The number of phenolic OH excluding ortho intramolecular Hbond substituents is 1. The first-order valence-corrected chi connectivity index (χ1v) is 11.2. The van der Waals surface area contributed by atoms with Crippen molar-refractivity contribution in [3.8, 4) is 22.6 Å². The molecule has 3 aromatic rings. The molecule has 35 heavy (non-hydrogen) atoms. The third kappa shape index (κ3) is 4.52. The molecule has 1 aromatic heterocycles. The van der Waals surface area contributed by atoms with Gasteiger partial charge in [0.05, 0.1) is 29.7 Å². The van der Waals surface area contributed by atoms with E-state index in [0.29, 0.717) is 11.1 Å². The molecular weight excluding hydrogens is 460 g/mol. The van der Waals surface area contributed by atoms with E-state index in [-0.39, 0.29) is 44.9 Å². The first kappa shape index (κ1) is 25.1. The average molecular weight is 488 g/mol. The second kappa shape index (κ2) is 9.94. The number of hydrogen-bond acceptors (Lipinski definition) is 10. The van der Waals surface area contributed by atoms with Crippen LogP contribution in [0.3, 0.4) is 0 Å². The van der Waals surface area contributed by atoms with Gasteiger partial charge in [0.25, 0.3) is 0 Å². The Hall–Kier alpha value is -2.99. The fourth-order valence-corrected chi connectivity index (χ4v) is 4.17. The molecule has 2 heterocycles. The van der Waals surface area contributed by atoms with E-state index >= 15 is 0 Å². The fraction of sp³-hybridized carbons (Fsp3) is 0.400. The number of rotatable bonds is 6. The van der Waals surface area contributed by atoms with Crippen LogP contribution in [-0.4, -0.2) is 68.0 Å². The molecule has 10 heteroatoms. The minimum Gasteiger partial charge on any atom is -0.508 e. The Balaban J connectivity index is 1.73. The summed E-state index contributed by atoms with van der Waals surface area (Å²) in [6, 6.07) is 7.69. The van der Waals surface area contributed by atoms with Crippen molar-refractivity contribution in [1.29, 1.82) is 0 Å². The van der Waals surface area contributed by atoms with E-state index in [1.807, 2.05) is 13.8 Å². The van der Waals surface area contributed by atoms with Crippen LogP contribution in [0.15, 0.2) is 45.8 Å². The predicted molar refractivity (Wildman–Crippen MR) is 124 cm³/mol. The summed E-state index contributed by atoms with van der Waals surface area (Å²) < 4.78 is 16.7. The number of fused-ring (bicyclic) bond motifs is 1. The molecular formula is C25H28O10. The van der Waals surface area contributed by atoms with Crippen molar-refractivity contribution in [2.24, 2.45) is 0 Å². The van der Waals surface area contributed by atoms with Gasteiger partial charge < -0.3 is 44.5 Å². The monoisotopic (exact) mass is 488 g/mol. The van der Waals surface area contributed by atoms with Gasteiger partial charge in [-0.15, -0.1) is 0 Å². The van der Waals surface area contributed by atoms with Gasteiger partial charge >= 0.3 is 0 Å². The summed E-state index contributed by atoms with van der Waals surface area (Å²) in [4.78, 5) is 13.3. The van der Waals surface area contributed by atoms with Crippen LogP contribution in [0.5, 0.6) is 11.5 Å². The number of benzene rings is 2. The highest BCUT2D eigenvalue weighted by atomic mass is 16.7. The first-order chi connectivity index (χ1) is 16.7. The van der Waals surface area contributed by atoms with Crippen LogP contribution in [0, 0.1) is 0 Å². The van der Waals surface area contributed by atoms with Gasteiger partial charge in [-0.3, -0.25) is 4.79 Å². The van der Waals surface area contributed by atoms with Gasteiger partial charge in [0.2, 0.25) is 11.7 Å². The summed E-state index contributed by atoms with van der Waals surface area (Å²) in [6.07, 6.45) is -6.20. The molecule has 1 aliphatic rings. The number of hydrogen-bond donors (Lipinski definition) is 6. The molecule has 4 rings (SSSR count). The predicted octanol–water partition coefficient (Wildman–Crippen LogP) is 0.960. The second-order valence-electron chi connectivity index (χ2n) is 8.80. The van der Waals surface area contributed by atoms with E-state index in [0.717, 1.165) is 0 Å². The van der Waals surface area contributed by atoms with E-state index in [9.17, 15) is 35.4 Å². The van der Waals surface area contributed by atoms with E-state index in [1.54, 1.807) is 12.1 Å². The number of aromatic hydroxyl groups is 1. The lowest BCUT2D eigenvalue weighted by Gasteiger charge is -2.39. The molecule has 0 spiro atoms. The van der Waals surface area contributed by atoms with Crippen LogP contribution >= 0.6 is 0 Å². The van der Waals surface area contributed by atoms with Gasteiger partial charge in [0.15, 0.2) is 0 Å². The second-order valence-corrected chi connectivity index (χ2v) is 8.80. The first-order valence-electron chi connectivity index (χ1n) is 11.2. The Morgan fingerprint density at radius 2 is 1.77 bits per heavy atom. The third-order valence-electron chi connectivity index (χ3n) is 6.21. The molecule has 0 amide bonds. The molecule has 0 aliphatic carbocycles. The van der Waals surface area contributed by atoms with Crippen LogP contribution < -0.4 is 10.2 Å². The largest absolute Gasteiger partial charge is 0.508 e. The van der Waals surface area contributed by atoms with E-state index in [1.165, 1.54) is 24.5 Å². The Bertz CT molecular complexity index is 1270. The summed E-state index contributed by atoms with van der Waals surface area (Å²) in [5.41, 5.74) is 1.32. The molecule has 0 bridgehead atoms. The van der Waals surface area contributed by atoms with Crippen molar-refractivity contribution >= 4 is 11.0 Å². The summed E-state index contributed by atoms with van der Waals surface area (Å²) in [5, 5.41) is 59.8. The molecule has 0 radical (unpaired) electrons. The average Bonchev–Trinajstić information content (AvgIpc) is 2.84. The van der Waals surface area contributed by atoms with Gasteiger partial charge in [-0.25, -0.2) is 0 Å². The Morgan fingerprint density at radius 1 is 1.03 bits per heavy atom. The Kier molecular flexibility index (Phi) is 7.13. The highest BCUT2D eigenvalue weighted by Gasteiger charge is 2.45. The molecule has 0 saturated carbocycles. The highest BCUT2D eigenvalue weighted by Crippen LogP contribution is 2.33. The highest BCUT2D eigenvalue weighted by molar-refractivity contribution is 5.85. The maximum absolute atomic E-state index is 13.3. The zero-order valence-electron chi connectivity index (χ0n) is 19.2. The molecule has 1 aliphatic heterocycles. The van der Waals surface area contributed by atoms with Crippen molar-refractivity contribution in [2.75, 3.05) is 6.61 Å². The quantitative estimate of drug-likeness (QED) is 0.294. The van der Waals surface area contributed by atoms with Gasteiger partial charge in [-0.1, -0.05) is 19.9 Å². The molecule has 2 aromatic carbocycles. The third-order valence-corrected chi connectivity index (χ3v) is 6.21. The summed E-state index contributed by atoms with van der Waals surface area (Å²) in [6.45, 7) is 2.64. The van der Waals surface area contributed by atoms with Crippen LogP contribution in [-0.2, 0) is 11.3 Å². The lowest BCUT2D eigenvalue weighted by Crippen LogP contribution is -2.60. The molecule has 0 unspecified atom stereocenters. The summed E-state index contributed by atoms with van der Waals surface area (Å²) in [5.74, 6) is 0.184. The maximum Gasteiger partial charge on any atom is 0.229 e. The number of ether oxygens (including phenoxy) is 2. The van der Waals surface area contributed by atoms with Crippen molar-refractivity contribution in [1.82, 2.24) is 0 Å². The molecule has 1 fully saturated rings. The molecule has 1 saturated heterocycles. The molecule has 188 valence electrons. The van der Waals surface area contributed by atoms with Crippen LogP contribution in [0.2, 0.25) is 0 Å². The molecule has 5 atom stereocenters. The van der Waals surface area contributed by atoms with Crippen LogP contribution in [0.1, 0.15) is 30.9 Å².